The van der Waals surface area contributed by atoms with Crippen molar-refractivity contribution in [2.75, 3.05) is 0 Å². The molecule has 0 unspecified atom stereocenters. The second-order valence-corrected chi connectivity index (χ2v) is 6.38. The van der Waals surface area contributed by atoms with E-state index >= 15 is 0 Å². The van der Waals surface area contributed by atoms with E-state index in [1.807, 2.05) is 61.5 Å². The number of hydrogen-bond acceptors (Lipinski definition) is 3. The highest BCUT2D eigenvalue weighted by Gasteiger charge is 2.22. The highest BCUT2D eigenvalue weighted by Crippen LogP contribution is 2.27. The molecule has 0 spiro atoms. The molecule has 0 aliphatic rings. The predicted octanol–water partition coefficient (Wildman–Crippen LogP) is 4.73. The van der Waals surface area contributed by atoms with Crippen molar-refractivity contribution in [3.8, 4) is 0 Å². The Bertz CT molecular complexity index is 984. The number of nitro groups is 1. The molecule has 1 amide bonds. The third-order valence-corrected chi connectivity index (χ3v) is 4.65. The zero-order chi connectivity index (χ0) is 19.4. The molecule has 1 atom stereocenters. The molecule has 3 aromatic rings. The van der Waals surface area contributed by atoms with Gasteiger partial charge in [0.2, 0.25) is 0 Å². The van der Waals surface area contributed by atoms with Gasteiger partial charge in [-0.15, -0.1) is 0 Å². The number of benzene rings is 3. The number of aryl methyl sites for hydroxylation is 1. The first-order chi connectivity index (χ1) is 13.0. The molecule has 1 N–H and O–H groups in total. The zero-order valence-electron chi connectivity index (χ0n) is 15.2. The molecule has 0 aliphatic heterocycles. The monoisotopic (exact) mass is 360 g/mol. The van der Waals surface area contributed by atoms with Crippen LogP contribution in [0.1, 0.15) is 38.7 Å². The van der Waals surface area contributed by atoms with E-state index in [0.717, 1.165) is 16.7 Å². The van der Waals surface area contributed by atoms with Crippen LogP contribution in [-0.2, 0) is 0 Å². The van der Waals surface area contributed by atoms with Gasteiger partial charge < -0.3 is 5.32 Å². The van der Waals surface area contributed by atoms with E-state index in [2.05, 4.69) is 5.32 Å². The van der Waals surface area contributed by atoms with Crippen molar-refractivity contribution in [1.29, 1.82) is 0 Å². The maximum Gasteiger partial charge on any atom is 0.273 e. The summed E-state index contributed by atoms with van der Waals surface area (Å²) in [6.07, 6.45) is 0. The van der Waals surface area contributed by atoms with E-state index in [1.54, 1.807) is 13.0 Å². The summed E-state index contributed by atoms with van der Waals surface area (Å²) < 4.78 is 0. The van der Waals surface area contributed by atoms with Crippen LogP contribution in [0.15, 0.2) is 72.8 Å². The Kier molecular flexibility index (Phi) is 5.31. The third-order valence-electron chi connectivity index (χ3n) is 4.65. The second kappa shape index (κ2) is 7.83. The maximum absolute atomic E-state index is 13.0. The molecule has 0 fully saturated rings. The molecular formula is C22H20N2O3. The second-order valence-electron chi connectivity index (χ2n) is 6.38. The lowest BCUT2D eigenvalue weighted by Gasteiger charge is -2.22. The Morgan fingerprint density at radius 2 is 1.59 bits per heavy atom. The number of nitro benzene ring substituents is 1. The number of carbonyl (C=O) groups is 1. The lowest BCUT2D eigenvalue weighted by molar-refractivity contribution is -0.385. The van der Waals surface area contributed by atoms with E-state index < -0.39 is 4.92 Å². The number of rotatable bonds is 5. The molecule has 0 radical (unpaired) electrons. The quantitative estimate of drug-likeness (QED) is 0.528. The Morgan fingerprint density at radius 3 is 2.26 bits per heavy atom. The van der Waals surface area contributed by atoms with Gasteiger partial charge in [-0.3, -0.25) is 14.9 Å². The Morgan fingerprint density at radius 1 is 0.926 bits per heavy atom. The molecule has 27 heavy (non-hydrogen) atoms. The minimum Gasteiger partial charge on any atom is -0.341 e. The Labute approximate surface area is 157 Å². The van der Waals surface area contributed by atoms with E-state index in [0.29, 0.717) is 11.1 Å². The molecule has 3 rings (SSSR count). The number of amides is 1. The van der Waals surface area contributed by atoms with E-state index in [9.17, 15) is 14.9 Å². The lowest BCUT2D eigenvalue weighted by atomic mass is 9.94. The summed E-state index contributed by atoms with van der Waals surface area (Å²) in [6.45, 7) is 3.59. The van der Waals surface area contributed by atoms with Gasteiger partial charge >= 0.3 is 0 Å². The highest BCUT2D eigenvalue weighted by atomic mass is 16.6. The van der Waals surface area contributed by atoms with Crippen molar-refractivity contribution in [3.63, 3.8) is 0 Å². The predicted molar refractivity (Wildman–Crippen MR) is 105 cm³/mol. The first kappa shape index (κ1) is 18.3. The van der Waals surface area contributed by atoms with Crippen LogP contribution in [0.4, 0.5) is 5.69 Å². The SMILES string of the molecule is Cc1ccccc1[C@@H](NC(=O)c1cccc([N+](=O)[O-])c1C)c1ccccc1. The molecular weight excluding hydrogens is 340 g/mol. The fraction of sp³-hybridized carbons (Fsp3) is 0.136. The summed E-state index contributed by atoms with van der Waals surface area (Å²) in [5.41, 5.74) is 3.59. The van der Waals surface area contributed by atoms with Crippen LogP contribution in [0.2, 0.25) is 0 Å². The molecule has 3 aromatic carbocycles. The van der Waals surface area contributed by atoms with Gasteiger partial charge in [-0.1, -0.05) is 60.7 Å². The van der Waals surface area contributed by atoms with Gasteiger partial charge in [0.15, 0.2) is 0 Å². The van der Waals surface area contributed by atoms with Gasteiger partial charge in [0.25, 0.3) is 11.6 Å². The minimum absolute atomic E-state index is 0.0604. The average molecular weight is 360 g/mol. The van der Waals surface area contributed by atoms with Crippen LogP contribution < -0.4 is 5.32 Å². The Balaban J connectivity index is 2.01. The molecule has 0 aromatic heterocycles. The molecule has 0 saturated carbocycles. The van der Waals surface area contributed by atoms with Crippen molar-refractivity contribution in [2.24, 2.45) is 0 Å². The van der Waals surface area contributed by atoms with Gasteiger partial charge in [0.05, 0.1) is 11.0 Å². The largest absolute Gasteiger partial charge is 0.341 e. The van der Waals surface area contributed by atoms with Gasteiger partial charge in [-0.25, -0.2) is 0 Å². The number of hydrogen-bond donors (Lipinski definition) is 1. The van der Waals surface area contributed by atoms with E-state index in [1.165, 1.54) is 12.1 Å². The zero-order valence-corrected chi connectivity index (χ0v) is 15.2. The standard InChI is InChI=1S/C22H20N2O3/c1-15-9-6-7-12-18(15)21(17-10-4-3-5-11-17)23-22(25)19-13-8-14-20(16(19)2)24(26)27/h3-14,21H,1-2H3,(H,23,25)/t21-/m0/s1. The van der Waals surface area contributed by atoms with Gasteiger partial charge in [0, 0.05) is 17.2 Å². The van der Waals surface area contributed by atoms with Crippen molar-refractivity contribution in [2.45, 2.75) is 19.9 Å². The van der Waals surface area contributed by atoms with Crippen LogP contribution in [0.3, 0.4) is 0 Å². The molecule has 5 heteroatoms. The summed E-state index contributed by atoms with van der Waals surface area (Å²) in [7, 11) is 0. The molecule has 0 bridgehead atoms. The first-order valence-corrected chi connectivity index (χ1v) is 8.64. The lowest BCUT2D eigenvalue weighted by Crippen LogP contribution is -2.30. The van der Waals surface area contributed by atoms with E-state index in [4.69, 9.17) is 0 Å². The summed E-state index contributed by atoms with van der Waals surface area (Å²) in [5, 5.41) is 14.2. The molecule has 5 nitrogen and oxygen atoms in total. The van der Waals surface area contributed by atoms with Crippen LogP contribution in [0.5, 0.6) is 0 Å². The number of carbonyl (C=O) groups excluding carboxylic acids is 1. The summed E-state index contributed by atoms with van der Waals surface area (Å²) in [4.78, 5) is 23.7. The summed E-state index contributed by atoms with van der Waals surface area (Å²) >= 11 is 0. The van der Waals surface area contributed by atoms with Crippen molar-refractivity contribution < 1.29 is 9.72 Å². The molecule has 0 heterocycles. The summed E-state index contributed by atoms with van der Waals surface area (Å²) in [5.74, 6) is -0.340. The van der Waals surface area contributed by atoms with Gasteiger partial charge in [-0.2, -0.15) is 0 Å². The normalized spacial score (nSPS) is 11.6. The fourth-order valence-electron chi connectivity index (χ4n) is 3.17. The van der Waals surface area contributed by atoms with Gasteiger partial charge in [0.1, 0.15) is 0 Å². The third kappa shape index (κ3) is 3.87. The molecule has 136 valence electrons. The Hall–Kier alpha value is -3.47. The minimum atomic E-state index is -0.470. The smallest absolute Gasteiger partial charge is 0.273 e. The average Bonchev–Trinajstić information content (AvgIpc) is 2.67. The van der Waals surface area contributed by atoms with Crippen LogP contribution in [0.25, 0.3) is 0 Å². The topological polar surface area (TPSA) is 72.2 Å². The van der Waals surface area contributed by atoms with Crippen molar-refractivity contribution in [1.82, 2.24) is 5.32 Å². The first-order valence-electron chi connectivity index (χ1n) is 8.64. The van der Waals surface area contributed by atoms with Crippen LogP contribution in [-0.4, -0.2) is 10.8 Å². The van der Waals surface area contributed by atoms with Crippen LogP contribution >= 0.6 is 0 Å². The van der Waals surface area contributed by atoms with Crippen LogP contribution in [0, 0.1) is 24.0 Å². The molecule has 0 saturated heterocycles. The number of nitrogens with one attached hydrogen (secondary N) is 1. The van der Waals surface area contributed by atoms with Crippen molar-refractivity contribution in [3.05, 3.63) is 111 Å². The van der Waals surface area contributed by atoms with Crippen molar-refractivity contribution >= 4 is 11.6 Å². The highest BCUT2D eigenvalue weighted by molar-refractivity contribution is 5.97. The molecule has 0 aliphatic carbocycles. The van der Waals surface area contributed by atoms with E-state index in [-0.39, 0.29) is 17.6 Å². The maximum atomic E-state index is 13.0. The van der Waals surface area contributed by atoms with Gasteiger partial charge in [-0.05, 0) is 36.6 Å². The number of nitrogens with zero attached hydrogens (tertiary/aromatic N) is 1. The summed E-state index contributed by atoms with van der Waals surface area (Å²) in [6, 6.07) is 21.7. The fourth-order valence-corrected chi connectivity index (χ4v) is 3.17.